The van der Waals surface area contributed by atoms with Crippen LogP contribution in [0.2, 0.25) is 15.1 Å². The summed E-state index contributed by atoms with van der Waals surface area (Å²) in [5, 5.41) is 3.61. The predicted octanol–water partition coefficient (Wildman–Crippen LogP) is 4.01. The van der Waals surface area contributed by atoms with E-state index in [2.05, 4.69) is 5.32 Å². The Morgan fingerprint density at radius 1 is 1.24 bits per heavy atom. The van der Waals surface area contributed by atoms with Gasteiger partial charge in [-0.1, -0.05) is 41.7 Å². The van der Waals surface area contributed by atoms with E-state index in [4.69, 9.17) is 39.5 Å². The number of hydrogen-bond acceptors (Lipinski definition) is 2. The summed E-state index contributed by atoms with van der Waals surface area (Å²) in [5.74, 6) is -0.279. The number of amides is 1. The molecule has 0 bridgehead atoms. The minimum absolute atomic E-state index is 0.00951. The molecule has 6 heteroatoms. The maximum absolute atomic E-state index is 11.5. The second-order valence-electron chi connectivity index (χ2n) is 3.35. The molecule has 0 saturated carbocycles. The Morgan fingerprint density at radius 3 is 2.53 bits per heavy atom. The Balaban J connectivity index is 2.62. The highest BCUT2D eigenvalue weighted by atomic mass is 35.5. The van der Waals surface area contributed by atoms with E-state index in [1.807, 2.05) is 6.92 Å². The van der Waals surface area contributed by atoms with Crippen LogP contribution in [0.1, 0.15) is 13.3 Å². The lowest BCUT2D eigenvalue weighted by Crippen LogP contribution is -2.18. The molecule has 0 fully saturated rings. The number of hydrogen-bond donors (Lipinski definition) is 1. The van der Waals surface area contributed by atoms with Gasteiger partial charge >= 0.3 is 0 Å². The van der Waals surface area contributed by atoms with Crippen molar-refractivity contribution in [3.63, 3.8) is 0 Å². The number of carbonyl (C=O) groups is 1. The van der Waals surface area contributed by atoms with Gasteiger partial charge in [0.1, 0.15) is 6.61 Å². The zero-order valence-corrected chi connectivity index (χ0v) is 11.5. The molecule has 0 radical (unpaired) electrons. The van der Waals surface area contributed by atoms with Crippen LogP contribution in [0.4, 0.5) is 5.69 Å². The molecule has 1 aromatic carbocycles. The Hall–Kier alpha value is -0.480. The molecule has 1 aromatic rings. The number of halogens is 3. The fourth-order valence-electron chi connectivity index (χ4n) is 1.11. The molecule has 0 heterocycles. The Bertz CT molecular complexity index is 410. The van der Waals surface area contributed by atoms with Crippen molar-refractivity contribution in [3.05, 3.63) is 27.2 Å². The van der Waals surface area contributed by atoms with Crippen molar-refractivity contribution in [2.45, 2.75) is 13.3 Å². The van der Waals surface area contributed by atoms with Crippen LogP contribution in [-0.2, 0) is 9.53 Å². The highest BCUT2D eigenvalue weighted by molar-refractivity contribution is 6.44. The number of benzene rings is 1. The molecule has 0 aliphatic rings. The summed E-state index contributed by atoms with van der Waals surface area (Å²) in [6, 6.07) is 2.98. The van der Waals surface area contributed by atoms with Gasteiger partial charge in [0.05, 0.1) is 20.8 Å². The van der Waals surface area contributed by atoms with Crippen molar-refractivity contribution in [2.75, 3.05) is 18.5 Å². The molecule has 1 amide bonds. The monoisotopic (exact) mass is 295 g/mol. The number of rotatable bonds is 5. The quantitative estimate of drug-likeness (QED) is 0.658. The average Bonchev–Trinajstić information content (AvgIpc) is 2.26. The second kappa shape index (κ2) is 7.07. The summed E-state index contributed by atoms with van der Waals surface area (Å²) in [6.07, 6.45) is 0.862. The van der Waals surface area contributed by atoms with Crippen LogP contribution in [0.15, 0.2) is 12.1 Å². The third-order valence-electron chi connectivity index (χ3n) is 1.87. The highest BCUT2D eigenvalue weighted by Gasteiger charge is 2.09. The zero-order chi connectivity index (χ0) is 12.8. The SMILES string of the molecule is CCCOCC(=O)Nc1cc(Cl)c(Cl)cc1Cl. The Morgan fingerprint density at radius 2 is 1.88 bits per heavy atom. The zero-order valence-electron chi connectivity index (χ0n) is 9.23. The van der Waals surface area contributed by atoms with Crippen molar-refractivity contribution in [1.29, 1.82) is 0 Å². The first-order chi connectivity index (χ1) is 8.04. The van der Waals surface area contributed by atoms with Crippen molar-refractivity contribution in [2.24, 2.45) is 0 Å². The van der Waals surface area contributed by atoms with Gasteiger partial charge in [-0.3, -0.25) is 4.79 Å². The van der Waals surface area contributed by atoms with Gasteiger partial charge in [0.2, 0.25) is 5.91 Å². The lowest BCUT2D eigenvalue weighted by molar-refractivity contribution is -0.120. The van der Waals surface area contributed by atoms with Gasteiger partial charge in [-0.25, -0.2) is 0 Å². The molecule has 0 spiro atoms. The third-order valence-corrected chi connectivity index (χ3v) is 2.90. The van der Waals surface area contributed by atoms with Crippen molar-refractivity contribution >= 4 is 46.4 Å². The van der Waals surface area contributed by atoms with Crippen LogP contribution in [0.5, 0.6) is 0 Å². The maximum Gasteiger partial charge on any atom is 0.250 e. The van der Waals surface area contributed by atoms with E-state index in [1.165, 1.54) is 12.1 Å². The fourth-order valence-corrected chi connectivity index (χ4v) is 1.71. The second-order valence-corrected chi connectivity index (χ2v) is 4.57. The number of carbonyl (C=O) groups excluding carboxylic acids is 1. The summed E-state index contributed by atoms with van der Waals surface area (Å²) in [6.45, 7) is 2.50. The Labute approximate surface area is 115 Å². The molecule has 0 atom stereocenters. The first-order valence-electron chi connectivity index (χ1n) is 5.06. The van der Waals surface area contributed by atoms with Crippen LogP contribution in [0.3, 0.4) is 0 Å². The van der Waals surface area contributed by atoms with Crippen LogP contribution in [0, 0.1) is 0 Å². The summed E-state index contributed by atoms with van der Waals surface area (Å²) in [4.78, 5) is 11.5. The first-order valence-corrected chi connectivity index (χ1v) is 6.20. The number of nitrogens with one attached hydrogen (secondary N) is 1. The maximum atomic E-state index is 11.5. The molecular formula is C11H12Cl3NO2. The summed E-state index contributed by atoms with van der Waals surface area (Å²) in [7, 11) is 0. The van der Waals surface area contributed by atoms with Crippen molar-refractivity contribution in [1.82, 2.24) is 0 Å². The molecule has 1 rings (SSSR count). The minimum Gasteiger partial charge on any atom is -0.372 e. The smallest absolute Gasteiger partial charge is 0.250 e. The van der Waals surface area contributed by atoms with Gasteiger partial charge < -0.3 is 10.1 Å². The predicted molar refractivity (Wildman–Crippen MR) is 71.2 cm³/mol. The Kier molecular flexibility index (Phi) is 6.06. The van der Waals surface area contributed by atoms with Crippen LogP contribution < -0.4 is 5.32 Å². The van der Waals surface area contributed by atoms with Crippen molar-refractivity contribution in [3.8, 4) is 0 Å². The molecule has 0 saturated heterocycles. The fraction of sp³-hybridized carbons (Fsp3) is 0.364. The number of ether oxygens (including phenoxy) is 1. The third kappa shape index (κ3) is 4.72. The van der Waals surface area contributed by atoms with E-state index in [9.17, 15) is 4.79 Å². The van der Waals surface area contributed by atoms with Gasteiger partial charge in [-0.2, -0.15) is 0 Å². The molecule has 3 nitrogen and oxygen atoms in total. The minimum atomic E-state index is -0.279. The molecule has 0 aliphatic heterocycles. The van der Waals surface area contributed by atoms with Gasteiger partial charge in [0.15, 0.2) is 0 Å². The van der Waals surface area contributed by atoms with E-state index in [-0.39, 0.29) is 12.5 Å². The van der Waals surface area contributed by atoms with E-state index < -0.39 is 0 Å². The van der Waals surface area contributed by atoms with Crippen LogP contribution in [0.25, 0.3) is 0 Å². The van der Waals surface area contributed by atoms with Gasteiger partial charge in [0.25, 0.3) is 0 Å². The average molecular weight is 297 g/mol. The lowest BCUT2D eigenvalue weighted by Gasteiger charge is -2.08. The lowest BCUT2D eigenvalue weighted by atomic mass is 10.3. The normalized spacial score (nSPS) is 10.4. The first kappa shape index (κ1) is 14.6. The van der Waals surface area contributed by atoms with E-state index >= 15 is 0 Å². The van der Waals surface area contributed by atoms with E-state index in [0.29, 0.717) is 27.4 Å². The van der Waals surface area contributed by atoms with Gasteiger partial charge in [-0.15, -0.1) is 0 Å². The molecule has 1 N–H and O–H groups in total. The summed E-state index contributed by atoms with van der Waals surface area (Å²) >= 11 is 17.5. The molecule has 94 valence electrons. The molecule has 0 aromatic heterocycles. The van der Waals surface area contributed by atoms with Crippen molar-refractivity contribution < 1.29 is 9.53 Å². The molecular weight excluding hydrogens is 284 g/mol. The molecule has 0 unspecified atom stereocenters. The highest BCUT2D eigenvalue weighted by Crippen LogP contribution is 2.32. The summed E-state index contributed by atoms with van der Waals surface area (Å²) in [5.41, 5.74) is 0.422. The largest absolute Gasteiger partial charge is 0.372 e. The van der Waals surface area contributed by atoms with Crippen LogP contribution >= 0.6 is 34.8 Å². The van der Waals surface area contributed by atoms with Crippen LogP contribution in [-0.4, -0.2) is 19.1 Å². The summed E-state index contributed by atoms with van der Waals surface area (Å²) < 4.78 is 5.10. The number of anilines is 1. The van der Waals surface area contributed by atoms with E-state index in [1.54, 1.807) is 0 Å². The van der Waals surface area contributed by atoms with Gasteiger partial charge in [0, 0.05) is 6.61 Å². The standard InChI is InChI=1S/C11H12Cl3NO2/c1-2-3-17-6-11(16)15-10-5-8(13)7(12)4-9(10)14/h4-5H,2-3,6H2,1H3,(H,15,16). The molecule has 0 aliphatic carbocycles. The molecule has 17 heavy (non-hydrogen) atoms. The van der Waals surface area contributed by atoms with Gasteiger partial charge in [-0.05, 0) is 18.6 Å². The topological polar surface area (TPSA) is 38.3 Å². The van der Waals surface area contributed by atoms with E-state index in [0.717, 1.165) is 6.42 Å².